The van der Waals surface area contributed by atoms with Crippen LogP contribution >= 0.6 is 0 Å². The number of nitriles is 1. The fourth-order valence-electron chi connectivity index (χ4n) is 3.91. The van der Waals surface area contributed by atoms with Gasteiger partial charge in [0.1, 0.15) is 0 Å². The minimum absolute atomic E-state index is 0.104. The van der Waals surface area contributed by atoms with Crippen molar-refractivity contribution in [3.05, 3.63) is 35.4 Å². The summed E-state index contributed by atoms with van der Waals surface area (Å²) in [6, 6.07) is 8.89. The summed E-state index contributed by atoms with van der Waals surface area (Å²) in [5, 5.41) is 11.7. The number of hydrogen-bond donors (Lipinski definition) is 1. The van der Waals surface area contributed by atoms with Gasteiger partial charge >= 0.3 is 0 Å². The second kappa shape index (κ2) is 7.69. The molecule has 1 saturated heterocycles. The van der Waals surface area contributed by atoms with E-state index in [2.05, 4.69) is 11.4 Å². The van der Waals surface area contributed by atoms with Crippen molar-refractivity contribution in [1.29, 1.82) is 5.26 Å². The van der Waals surface area contributed by atoms with E-state index in [1.54, 1.807) is 12.1 Å². The first-order valence-electron chi connectivity index (χ1n) is 9.16. The molecule has 1 aromatic rings. The third kappa shape index (κ3) is 3.62. The van der Waals surface area contributed by atoms with Crippen molar-refractivity contribution in [2.75, 3.05) is 6.54 Å². The molecule has 6 heteroatoms. The number of likely N-dealkylation sites (tertiary alicyclic amines) is 1. The molecule has 0 radical (unpaired) electrons. The second-order valence-electron chi connectivity index (χ2n) is 7.10. The van der Waals surface area contributed by atoms with Crippen molar-refractivity contribution in [3.8, 4) is 6.07 Å². The van der Waals surface area contributed by atoms with Crippen LogP contribution in [0.4, 0.5) is 0 Å². The highest BCUT2D eigenvalue weighted by molar-refractivity contribution is 6.05. The number of rotatable bonds is 5. The monoisotopic (exact) mass is 353 g/mol. The van der Waals surface area contributed by atoms with Crippen LogP contribution in [0.3, 0.4) is 0 Å². The van der Waals surface area contributed by atoms with Crippen molar-refractivity contribution >= 4 is 17.7 Å². The van der Waals surface area contributed by atoms with Crippen LogP contribution in [0.1, 0.15) is 56.2 Å². The first-order chi connectivity index (χ1) is 12.5. The Morgan fingerprint density at radius 3 is 2.31 bits per heavy atom. The topological polar surface area (TPSA) is 90.3 Å². The van der Waals surface area contributed by atoms with E-state index < -0.39 is 0 Å². The summed E-state index contributed by atoms with van der Waals surface area (Å²) in [5.74, 6) is -0.744. The molecule has 3 amide bonds. The number of carbonyl (C=O) groups is 3. The number of nitrogens with one attached hydrogen (secondary N) is 1. The summed E-state index contributed by atoms with van der Waals surface area (Å²) in [7, 11) is 0. The second-order valence-corrected chi connectivity index (χ2v) is 7.10. The van der Waals surface area contributed by atoms with Gasteiger partial charge in [-0.3, -0.25) is 19.3 Å². The zero-order valence-electron chi connectivity index (χ0n) is 14.9. The summed E-state index contributed by atoms with van der Waals surface area (Å²) >= 11 is 0. The van der Waals surface area contributed by atoms with E-state index in [-0.39, 0.29) is 48.6 Å². The summed E-state index contributed by atoms with van der Waals surface area (Å²) < 4.78 is 0. The molecule has 0 bridgehead atoms. The molecule has 1 N–H and O–H groups in total. The Morgan fingerprint density at radius 2 is 1.77 bits per heavy atom. The van der Waals surface area contributed by atoms with Crippen molar-refractivity contribution in [3.63, 3.8) is 0 Å². The maximum atomic E-state index is 12.4. The zero-order valence-corrected chi connectivity index (χ0v) is 14.9. The van der Waals surface area contributed by atoms with E-state index in [0.29, 0.717) is 5.56 Å². The van der Waals surface area contributed by atoms with Gasteiger partial charge in [-0.25, -0.2) is 0 Å². The lowest BCUT2D eigenvalue weighted by Crippen LogP contribution is -2.36. The van der Waals surface area contributed by atoms with Crippen LogP contribution in [0.2, 0.25) is 0 Å². The Hall–Kier alpha value is -2.68. The minimum Gasteiger partial charge on any atom is -0.350 e. The lowest BCUT2D eigenvalue weighted by Gasteiger charge is -2.19. The smallest absolute Gasteiger partial charge is 0.233 e. The molecule has 1 heterocycles. The predicted octanol–water partition coefficient (Wildman–Crippen LogP) is 2.30. The van der Waals surface area contributed by atoms with Crippen LogP contribution in [-0.4, -0.2) is 29.2 Å². The molecule has 1 aliphatic carbocycles. The SMILES string of the molecule is CC(NC(=O)CCN1C(=O)C2CCCCC2C1=O)c1ccc(C#N)cc1. The molecule has 3 atom stereocenters. The summed E-state index contributed by atoms with van der Waals surface area (Å²) in [6.07, 6.45) is 3.67. The van der Waals surface area contributed by atoms with Crippen molar-refractivity contribution in [1.82, 2.24) is 10.2 Å². The predicted molar refractivity (Wildman–Crippen MR) is 94.5 cm³/mol. The number of carbonyl (C=O) groups excluding carboxylic acids is 3. The van der Waals surface area contributed by atoms with E-state index in [1.807, 2.05) is 19.1 Å². The normalized spacial score (nSPS) is 23.3. The fourth-order valence-corrected chi connectivity index (χ4v) is 3.91. The number of imide groups is 1. The molecule has 1 saturated carbocycles. The third-order valence-electron chi connectivity index (χ3n) is 5.41. The average molecular weight is 353 g/mol. The number of amides is 3. The van der Waals surface area contributed by atoms with Crippen molar-refractivity contribution in [2.24, 2.45) is 11.8 Å². The van der Waals surface area contributed by atoms with Crippen LogP contribution in [0.15, 0.2) is 24.3 Å². The molecule has 1 aromatic carbocycles. The molecular formula is C20H23N3O3. The Bertz CT molecular complexity index is 727. The molecule has 6 nitrogen and oxygen atoms in total. The molecule has 0 spiro atoms. The van der Waals surface area contributed by atoms with Crippen LogP contribution in [0.25, 0.3) is 0 Å². The Balaban J connectivity index is 1.53. The molecule has 3 rings (SSSR count). The van der Waals surface area contributed by atoms with Gasteiger partial charge in [-0.1, -0.05) is 25.0 Å². The standard InChI is InChI=1S/C20H23N3O3/c1-13(15-8-6-14(12-21)7-9-15)22-18(24)10-11-23-19(25)16-4-2-3-5-17(16)20(23)26/h6-9,13,16-17H,2-5,10-11H2,1H3,(H,22,24). The molecule has 2 fully saturated rings. The quantitative estimate of drug-likeness (QED) is 0.823. The zero-order chi connectivity index (χ0) is 18.7. The average Bonchev–Trinajstić information content (AvgIpc) is 2.91. The third-order valence-corrected chi connectivity index (χ3v) is 5.41. The Morgan fingerprint density at radius 1 is 1.19 bits per heavy atom. The van der Waals surface area contributed by atoms with Gasteiger partial charge in [0.05, 0.1) is 29.5 Å². The van der Waals surface area contributed by atoms with Crippen LogP contribution in [0, 0.1) is 23.2 Å². The van der Waals surface area contributed by atoms with Crippen LogP contribution in [-0.2, 0) is 14.4 Å². The van der Waals surface area contributed by atoms with Crippen LogP contribution in [0.5, 0.6) is 0 Å². The van der Waals surface area contributed by atoms with E-state index in [9.17, 15) is 14.4 Å². The Labute approximate surface area is 153 Å². The highest BCUT2D eigenvalue weighted by Gasteiger charge is 2.47. The number of hydrogen-bond acceptors (Lipinski definition) is 4. The highest BCUT2D eigenvalue weighted by Crippen LogP contribution is 2.37. The molecule has 1 aliphatic heterocycles. The van der Waals surface area contributed by atoms with E-state index >= 15 is 0 Å². The van der Waals surface area contributed by atoms with E-state index in [4.69, 9.17) is 5.26 Å². The lowest BCUT2D eigenvalue weighted by molar-refractivity contribution is -0.140. The van der Waals surface area contributed by atoms with Crippen LogP contribution < -0.4 is 5.32 Å². The summed E-state index contributed by atoms with van der Waals surface area (Å²) in [4.78, 5) is 38.3. The molecule has 0 aromatic heterocycles. The maximum Gasteiger partial charge on any atom is 0.233 e. The number of nitrogens with zero attached hydrogens (tertiary/aromatic N) is 2. The van der Waals surface area contributed by atoms with Gasteiger partial charge in [0.15, 0.2) is 0 Å². The summed E-state index contributed by atoms with van der Waals surface area (Å²) in [6.45, 7) is 2.01. The van der Waals surface area contributed by atoms with Gasteiger partial charge in [0.2, 0.25) is 17.7 Å². The summed E-state index contributed by atoms with van der Waals surface area (Å²) in [5.41, 5.74) is 1.47. The van der Waals surface area contributed by atoms with E-state index in [1.165, 1.54) is 4.90 Å². The van der Waals surface area contributed by atoms with Gasteiger partial charge in [-0.05, 0) is 37.5 Å². The molecule has 2 aliphatic rings. The number of benzene rings is 1. The molecular weight excluding hydrogens is 330 g/mol. The fraction of sp³-hybridized carbons (Fsp3) is 0.500. The van der Waals surface area contributed by atoms with Gasteiger partial charge in [0, 0.05) is 13.0 Å². The first kappa shape index (κ1) is 18.1. The van der Waals surface area contributed by atoms with Gasteiger partial charge in [-0.15, -0.1) is 0 Å². The van der Waals surface area contributed by atoms with Gasteiger partial charge in [-0.2, -0.15) is 5.26 Å². The lowest BCUT2D eigenvalue weighted by atomic mass is 9.81. The molecule has 136 valence electrons. The van der Waals surface area contributed by atoms with Crippen molar-refractivity contribution in [2.45, 2.75) is 45.1 Å². The number of fused-ring (bicyclic) bond motifs is 1. The van der Waals surface area contributed by atoms with E-state index in [0.717, 1.165) is 31.2 Å². The maximum absolute atomic E-state index is 12.4. The Kier molecular flexibility index (Phi) is 5.36. The highest BCUT2D eigenvalue weighted by atomic mass is 16.2. The molecule has 3 unspecified atom stereocenters. The first-order valence-corrected chi connectivity index (χ1v) is 9.16. The van der Waals surface area contributed by atoms with Gasteiger partial charge < -0.3 is 5.32 Å². The molecule has 26 heavy (non-hydrogen) atoms. The largest absolute Gasteiger partial charge is 0.350 e. The van der Waals surface area contributed by atoms with Gasteiger partial charge in [0.25, 0.3) is 0 Å². The van der Waals surface area contributed by atoms with Crippen molar-refractivity contribution < 1.29 is 14.4 Å². The minimum atomic E-state index is -0.206.